The fourth-order valence-electron chi connectivity index (χ4n) is 0.769. The molecule has 0 saturated heterocycles. The van der Waals surface area contributed by atoms with Crippen LogP contribution in [0.25, 0.3) is 0 Å². The number of aliphatic carboxylic acids is 1. The number of carboxylic acids is 1. The molecule has 0 aromatic heterocycles. The monoisotopic (exact) mass is 204 g/mol. The second kappa shape index (κ2) is 11.9. The summed E-state index contributed by atoms with van der Waals surface area (Å²) >= 11 is 0. The highest BCUT2D eigenvalue weighted by atomic mass is 16.6. The van der Waals surface area contributed by atoms with Gasteiger partial charge in [0.25, 0.3) is 0 Å². The van der Waals surface area contributed by atoms with Crippen molar-refractivity contribution in [2.75, 3.05) is 26.7 Å². The molecule has 0 amide bonds. The maximum Gasteiger partial charge on any atom is 0.350 e. The molecule has 14 heavy (non-hydrogen) atoms. The summed E-state index contributed by atoms with van der Waals surface area (Å²) in [5.74, 6) is -1.11. The third-order valence-corrected chi connectivity index (χ3v) is 1.61. The Labute approximate surface area is 85.3 Å². The van der Waals surface area contributed by atoms with E-state index in [1.54, 1.807) is 0 Å². The summed E-state index contributed by atoms with van der Waals surface area (Å²) in [5, 5.41) is 10.8. The van der Waals surface area contributed by atoms with Crippen LogP contribution < -0.4 is 0 Å². The average Bonchev–Trinajstić information content (AvgIpc) is 2.18. The zero-order valence-corrected chi connectivity index (χ0v) is 9.36. The summed E-state index contributed by atoms with van der Waals surface area (Å²) in [6.07, 6.45) is 0.667. The number of nitrogens with zero attached hydrogens (tertiary/aromatic N) is 2. The minimum atomic E-state index is -1.11. The molecular formula is C9H20N2O3. The zero-order valence-electron chi connectivity index (χ0n) is 9.36. The first kappa shape index (κ1) is 15.4. The molecule has 0 saturated carbocycles. The fourth-order valence-corrected chi connectivity index (χ4v) is 0.769. The first-order valence-corrected chi connectivity index (χ1v) is 4.64. The van der Waals surface area contributed by atoms with Crippen LogP contribution >= 0.6 is 0 Å². The summed E-state index contributed by atoms with van der Waals surface area (Å²) in [4.78, 5) is 15.9. The van der Waals surface area contributed by atoms with Gasteiger partial charge in [0.1, 0.15) is 7.11 Å². The van der Waals surface area contributed by atoms with Crippen molar-refractivity contribution in [3.8, 4) is 0 Å². The van der Waals surface area contributed by atoms with Gasteiger partial charge in [-0.1, -0.05) is 25.9 Å². The lowest BCUT2D eigenvalue weighted by molar-refractivity contribution is -0.129. The molecule has 0 radical (unpaired) electrons. The largest absolute Gasteiger partial charge is 0.477 e. The lowest BCUT2D eigenvalue weighted by Crippen LogP contribution is -2.21. The lowest BCUT2D eigenvalue weighted by Gasteiger charge is -2.13. The van der Waals surface area contributed by atoms with E-state index in [9.17, 15) is 4.79 Å². The van der Waals surface area contributed by atoms with Gasteiger partial charge in [0, 0.05) is 0 Å². The summed E-state index contributed by atoms with van der Waals surface area (Å²) in [6, 6.07) is 0. The van der Waals surface area contributed by atoms with Gasteiger partial charge in [0.2, 0.25) is 0 Å². The number of hydrogen-bond donors (Lipinski definition) is 1. The molecule has 1 N–H and O–H groups in total. The second-order valence-electron chi connectivity index (χ2n) is 2.37. The first-order chi connectivity index (χ1) is 6.62. The van der Waals surface area contributed by atoms with E-state index in [-0.39, 0.29) is 0 Å². The predicted molar refractivity (Wildman–Crippen MR) is 56.6 cm³/mol. The number of hydrogen-bond acceptors (Lipinski definition) is 4. The summed E-state index contributed by atoms with van der Waals surface area (Å²) < 4.78 is 0. The molecule has 0 rings (SSSR count). The van der Waals surface area contributed by atoms with Gasteiger partial charge in [-0.3, -0.25) is 0 Å². The number of carbonyl (C=O) groups is 1. The van der Waals surface area contributed by atoms with Gasteiger partial charge in [-0.25, -0.2) is 4.79 Å². The summed E-state index contributed by atoms with van der Waals surface area (Å²) in [7, 11) is 1.28. The van der Waals surface area contributed by atoms with Crippen molar-refractivity contribution in [3.05, 3.63) is 0 Å². The molecule has 0 spiro atoms. The summed E-state index contributed by atoms with van der Waals surface area (Å²) in [5.41, 5.74) is 0. The van der Waals surface area contributed by atoms with E-state index >= 15 is 0 Å². The van der Waals surface area contributed by atoms with Crippen molar-refractivity contribution in [2.24, 2.45) is 5.16 Å². The molecular weight excluding hydrogens is 184 g/mol. The SMILES string of the molecule is CCN(CC)CC.CON=CC(=O)O. The van der Waals surface area contributed by atoms with Crippen LogP contribution in [0.2, 0.25) is 0 Å². The fraction of sp³-hybridized carbons (Fsp3) is 0.778. The molecule has 0 fully saturated rings. The van der Waals surface area contributed by atoms with Gasteiger partial charge >= 0.3 is 5.97 Å². The van der Waals surface area contributed by atoms with Crippen LogP contribution in [0.1, 0.15) is 20.8 Å². The third-order valence-electron chi connectivity index (χ3n) is 1.61. The Morgan fingerprint density at radius 1 is 1.36 bits per heavy atom. The van der Waals surface area contributed by atoms with E-state index in [2.05, 4.69) is 35.7 Å². The van der Waals surface area contributed by atoms with E-state index in [0.29, 0.717) is 6.21 Å². The Balaban J connectivity index is 0. The van der Waals surface area contributed by atoms with Crippen LogP contribution in [0.3, 0.4) is 0 Å². The quantitative estimate of drug-likeness (QED) is 0.537. The van der Waals surface area contributed by atoms with E-state index < -0.39 is 5.97 Å². The smallest absolute Gasteiger partial charge is 0.350 e. The molecule has 0 aromatic carbocycles. The highest BCUT2D eigenvalue weighted by Crippen LogP contribution is 1.81. The molecule has 0 unspecified atom stereocenters. The maximum absolute atomic E-state index is 9.53. The van der Waals surface area contributed by atoms with Crippen molar-refractivity contribution < 1.29 is 14.7 Å². The van der Waals surface area contributed by atoms with E-state index in [1.165, 1.54) is 26.7 Å². The van der Waals surface area contributed by atoms with Gasteiger partial charge < -0.3 is 14.8 Å². The Hall–Kier alpha value is -1.10. The van der Waals surface area contributed by atoms with Gasteiger partial charge in [0.15, 0.2) is 6.21 Å². The number of carboxylic acid groups (broad SMARTS) is 1. The molecule has 0 aliphatic carbocycles. The molecule has 0 aliphatic heterocycles. The van der Waals surface area contributed by atoms with Crippen molar-refractivity contribution in [3.63, 3.8) is 0 Å². The van der Waals surface area contributed by atoms with E-state index in [4.69, 9.17) is 5.11 Å². The Bertz CT molecular complexity index is 151. The Morgan fingerprint density at radius 2 is 1.79 bits per heavy atom. The molecule has 0 bridgehead atoms. The molecule has 0 atom stereocenters. The Kier molecular flexibility index (Phi) is 13.1. The van der Waals surface area contributed by atoms with Crippen molar-refractivity contribution in [1.82, 2.24) is 4.90 Å². The lowest BCUT2D eigenvalue weighted by atomic mass is 10.5. The third kappa shape index (κ3) is 13.5. The minimum absolute atomic E-state index is 0.667. The predicted octanol–water partition coefficient (Wildman–Crippen LogP) is 1.05. The molecule has 0 aliphatic rings. The van der Waals surface area contributed by atoms with Crippen LogP contribution in [-0.4, -0.2) is 48.9 Å². The highest BCUT2D eigenvalue weighted by Gasteiger charge is 1.89. The van der Waals surface area contributed by atoms with Gasteiger partial charge in [-0.2, -0.15) is 0 Å². The number of rotatable bonds is 5. The van der Waals surface area contributed by atoms with E-state index in [0.717, 1.165) is 0 Å². The van der Waals surface area contributed by atoms with Gasteiger partial charge in [-0.05, 0) is 19.6 Å². The van der Waals surface area contributed by atoms with Crippen LogP contribution in [0, 0.1) is 0 Å². The standard InChI is InChI=1S/C6H15N.C3H5NO3/c1-4-7(5-2)6-3;1-7-4-2-3(5)6/h4-6H2,1-3H3;2H,1H3,(H,5,6). The minimum Gasteiger partial charge on any atom is -0.477 e. The first-order valence-electron chi connectivity index (χ1n) is 4.64. The topological polar surface area (TPSA) is 62.1 Å². The maximum atomic E-state index is 9.53. The van der Waals surface area contributed by atoms with Crippen LogP contribution in [-0.2, 0) is 9.63 Å². The molecule has 5 heteroatoms. The summed E-state index contributed by atoms with van der Waals surface area (Å²) in [6.45, 7) is 10.1. The van der Waals surface area contributed by atoms with Crippen molar-refractivity contribution in [2.45, 2.75) is 20.8 Å². The van der Waals surface area contributed by atoms with Gasteiger partial charge in [-0.15, -0.1) is 0 Å². The van der Waals surface area contributed by atoms with E-state index in [1.807, 2.05) is 0 Å². The van der Waals surface area contributed by atoms with Crippen LogP contribution in [0.5, 0.6) is 0 Å². The molecule has 0 aromatic rings. The van der Waals surface area contributed by atoms with Crippen LogP contribution in [0.4, 0.5) is 0 Å². The van der Waals surface area contributed by atoms with Crippen LogP contribution in [0.15, 0.2) is 5.16 Å². The zero-order chi connectivity index (χ0) is 11.4. The molecule has 5 nitrogen and oxygen atoms in total. The second-order valence-corrected chi connectivity index (χ2v) is 2.37. The molecule has 84 valence electrons. The average molecular weight is 204 g/mol. The number of oxime groups is 1. The molecule has 0 heterocycles. The van der Waals surface area contributed by atoms with Gasteiger partial charge in [0.05, 0.1) is 0 Å². The van der Waals surface area contributed by atoms with Crippen molar-refractivity contribution >= 4 is 12.2 Å². The Morgan fingerprint density at radius 3 is 1.86 bits per heavy atom. The highest BCUT2D eigenvalue weighted by molar-refractivity contribution is 6.21. The van der Waals surface area contributed by atoms with Crippen molar-refractivity contribution in [1.29, 1.82) is 0 Å². The normalized spacial score (nSPS) is 9.79.